The summed E-state index contributed by atoms with van der Waals surface area (Å²) in [6.45, 7) is 0. The predicted octanol–water partition coefficient (Wildman–Crippen LogP) is 3.41. The van der Waals surface area contributed by atoms with Crippen molar-refractivity contribution in [1.29, 1.82) is 0 Å². The highest BCUT2D eigenvalue weighted by molar-refractivity contribution is 6.33. The lowest BCUT2D eigenvalue weighted by atomic mass is 9.99. The Hall–Kier alpha value is -1.42. The van der Waals surface area contributed by atoms with E-state index in [-0.39, 0.29) is 5.92 Å². The number of aromatic nitrogens is 3. The van der Waals surface area contributed by atoms with Crippen molar-refractivity contribution in [2.24, 2.45) is 11.8 Å². The lowest BCUT2D eigenvalue weighted by molar-refractivity contribution is -0.123. The minimum absolute atomic E-state index is 0.252. The van der Waals surface area contributed by atoms with Crippen LogP contribution in [0.2, 0.25) is 5.15 Å². The first-order valence-electron chi connectivity index (χ1n) is 7.25. The normalized spacial score (nSPS) is 26.2. The quantitative estimate of drug-likeness (QED) is 0.814. The van der Waals surface area contributed by atoms with Crippen molar-refractivity contribution in [2.75, 3.05) is 0 Å². The molecule has 0 aliphatic heterocycles. The summed E-state index contributed by atoms with van der Waals surface area (Å²) in [5.74, 6) is 1.12. The Labute approximate surface area is 122 Å². The average molecular weight is 290 g/mol. The molecule has 0 bridgehead atoms. The smallest absolute Gasteiger partial charge is 0.145 e. The van der Waals surface area contributed by atoms with Crippen LogP contribution in [0.3, 0.4) is 0 Å². The number of hydrogen-bond acceptors (Lipinski definition) is 3. The summed E-state index contributed by atoms with van der Waals surface area (Å²) < 4.78 is 2.17. The minimum atomic E-state index is 0.252. The molecule has 2 aromatic rings. The molecule has 2 aliphatic rings. The van der Waals surface area contributed by atoms with E-state index in [1.807, 2.05) is 12.3 Å². The van der Waals surface area contributed by atoms with Gasteiger partial charge in [0, 0.05) is 24.1 Å². The van der Waals surface area contributed by atoms with Crippen molar-refractivity contribution >= 4 is 28.4 Å². The van der Waals surface area contributed by atoms with Crippen molar-refractivity contribution in [3.05, 3.63) is 23.7 Å². The maximum Gasteiger partial charge on any atom is 0.145 e. The standard InChI is InChI=1S/C15H16ClN3O/c16-14-12-5-6-19(15(12)18-8-17-14)11-4-3-10(7-11)13(20)9-1-2-9/h5-6,8-11H,1-4,7H2. The molecular weight excluding hydrogens is 274 g/mol. The Kier molecular flexibility index (Phi) is 2.81. The summed E-state index contributed by atoms with van der Waals surface area (Å²) in [6.07, 6.45) is 8.75. The fourth-order valence-corrected chi connectivity index (χ4v) is 3.60. The van der Waals surface area contributed by atoms with Crippen LogP contribution in [0, 0.1) is 11.8 Å². The maximum atomic E-state index is 12.2. The van der Waals surface area contributed by atoms with Gasteiger partial charge in [0.15, 0.2) is 0 Å². The number of carbonyl (C=O) groups is 1. The van der Waals surface area contributed by atoms with Gasteiger partial charge in [-0.15, -0.1) is 0 Å². The first-order valence-corrected chi connectivity index (χ1v) is 7.62. The molecule has 2 unspecified atom stereocenters. The van der Waals surface area contributed by atoms with Gasteiger partial charge in [-0.2, -0.15) is 0 Å². The monoisotopic (exact) mass is 289 g/mol. The third-order valence-electron chi connectivity index (χ3n) is 4.64. The molecule has 20 heavy (non-hydrogen) atoms. The lowest BCUT2D eigenvalue weighted by Gasteiger charge is -2.13. The van der Waals surface area contributed by atoms with E-state index in [2.05, 4.69) is 14.5 Å². The Balaban J connectivity index is 1.61. The molecule has 0 N–H and O–H groups in total. The Morgan fingerprint density at radius 3 is 2.80 bits per heavy atom. The summed E-state index contributed by atoms with van der Waals surface area (Å²) in [5.41, 5.74) is 0.884. The number of rotatable bonds is 3. The Bertz CT molecular complexity index is 677. The fourth-order valence-electron chi connectivity index (χ4n) is 3.40. The number of carbonyl (C=O) groups excluding carboxylic acids is 1. The number of hydrogen-bond donors (Lipinski definition) is 0. The summed E-state index contributed by atoms with van der Waals surface area (Å²) in [4.78, 5) is 20.5. The fraction of sp³-hybridized carbons (Fsp3) is 0.533. The molecule has 5 heteroatoms. The first-order chi connectivity index (χ1) is 9.74. The van der Waals surface area contributed by atoms with E-state index >= 15 is 0 Å². The second-order valence-electron chi connectivity index (χ2n) is 5.97. The van der Waals surface area contributed by atoms with E-state index in [9.17, 15) is 4.79 Å². The summed E-state index contributed by atoms with van der Waals surface area (Å²) >= 11 is 6.09. The second-order valence-corrected chi connectivity index (χ2v) is 6.32. The topological polar surface area (TPSA) is 47.8 Å². The predicted molar refractivity (Wildman–Crippen MR) is 76.6 cm³/mol. The molecule has 0 radical (unpaired) electrons. The zero-order valence-corrected chi connectivity index (χ0v) is 11.9. The van der Waals surface area contributed by atoms with Gasteiger partial charge in [0.1, 0.15) is 22.9 Å². The number of ketones is 1. The highest BCUT2D eigenvalue weighted by Gasteiger charge is 2.39. The molecule has 0 amide bonds. The van der Waals surface area contributed by atoms with Gasteiger partial charge in [-0.3, -0.25) is 4.79 Å². The second kappa shape index (κ2) is 4.55. The maximum absolute atomic E-state index is 12.2. The molecule has 2 fully saturated rings. The highest BCUT2D eigenvalue weighted by Crippen LogP contribution is 2.42. The molecule has 4 rings (SSSR count). The van der Waals surface area contributed by atoms with Crippen LogP contribution in [0.5, 0.6) is 0 Å². The van der Waals surface area contributed by atoms with Gasteiger partial charge in [-0.25, -0.2) is 9.97 Å². The van der Waals surface area contributed by atoms with Crippen LogP contribution < -0.4 is 0 Å². The van der Waals surface area contributed by atoms with Crippen molar-refractivity contribution in [3.8, 4) is 0 Å². The molecule has 0 saturated heterocycles. The van der Waals surface area contributed by atoms with Gasteiger partial charge in [-0.1, -0.05) is 11.6 Å². The van der Waals surface area contributed by atoms with Gasteiger partial charge in [-0.05, 0) is 38.2 Å². The molecule has 0 aromatic carbocycles. The molecule has 2 aromatic heterocycles. The molecule has 2 atom stereocenters. The van der Waals surface area contributed by atoms with Crippen LogP contribution >= 0.6 is 11.6 Å². The van der Waals surface area contributed by atoms with E-state index in [1.54, 1.807) is 0 Å². The summed E-state index contributed by atoms with van der Waals surface area (Å²) in [6, 6.07) is 2.33. The van der Waals surface area contributed by atoms with Crippen molar-refractivity contribution in [3.63, 3.8) is 0 Å². The summed E-state index contributed by atoms with van der Waals surface area (Å²) in [7, 11) is 0. The molecule has 4 nitrogen and oxygen atoms in total. The van der Waals surface area contributed by atoms with Gasteiger partial charge in [0.25, 0.3) is 0 Å². The van der Waals surface area contributed by atoms with Crippen molar-refractivity contribution in [1.82, 2.24) is 14.5 Å². The van der Waals surface area contributed by atoms with Crippen LogP contribution in [0.4, 0.5) is 0 Å². The zero-order chi connectivity index (χ0) is 13.7. The molecule has 104 valence electrons. The lowest BCUT2D eigenvalue weighted by Crippen LogP contribution is -2.14. The van der Waals surface area contributed by atoms with Crippen LogP contribution in [0.25, 0.3) is 11.0 Å². The van der Waals surface area contributed by atoms with E-state index in [0.717, 1.165) is 43.1 Å². The van der Waals surface area contributed by atoms with Crippen LogP contribution in [-0.2, 0) is 4.79 Å². The highest BCUT2D eigenvalue weighted by atomic mass is 35.5. The summed E-state index contributed by atoms with van der Waals surface area (Å²) in [5, 5.41) is 1.39. The van der Waals surface area contributed by atoms with E-state index in [1.165, 1.54) is 6.33 Å². The van der Waals surface area contributed by atoms with Crippen LogP contribution in [0.1, 0.15) is 38.1 Å². The molecular formula is C15H16ClN3O. The van der Waals surface area contributed by atoms with E-state index in [4.69, 9.17) is 11.6 Å². The minimum Gasteiger partial charge on any atom is -0.329 e. The third-order valence-corrected chi connectivity index (χ3v) is 4.94. The SMILES string of the molecule is O=C(C1CC1)C1CCC(n2ccc3c(Cl)ncnc32)C1. The van der Waals surface area contributed by atoms with Crippen LogP contribution in [-0.4, -0.2) is 20.3 Å². The number of halogens is 1. The Morgan fingerprint density at radius 1 is 1.20 bits per heavy atom. The van der Waals surface area contributed by atoms with Gasteiger partial charge in [0.05, 0.1) is 5.39 Å². The van der Waals surface area contributed by atoms with Gasteiger partial charge >= 0.3 is 0 Å². The molecule has 2 heterocycles. The molecule has 0 spiro atoms. The number of fused-ring (bicyclic) bond motifs is 1. The first kappa shape index (κ1) is 12.3. The molecule has 2 saturated carbocycles. The average Bonchev–Trinajstić information content (AvgIpc) is 3.01. The number of nitrogens with zero attached hydrogens (tertiary/aromatic N) is 3. The van der Waals surface area contributed by atoms with Crippen molar-refractivity contribution < 1.29 is 4.79 Å². The molecule has 2 aliphatic carbocycles. The zero-order valence-electron chi connectivity index (χ0n) is 11.1. The van der Waals surface area contributed by atoms with E-state index in [0.29, 0.717) is 22.9 Å². The Morgan fingerprint density at radius 2 is 2.00 bits per heavy atom. The number of Topliss-reactive ketones (excluding diaryl/α,β-unsaturated/α-hetero) is 1. The van der Waals surface area contributed by atoms with Crippen LogP contribution in [0.15, 0.2) is 18.6 Å². The van der Waals surface area contributed by atoms with Gasteiger partial charge in [0.2, 0.25) is 0 Å². The van der Waals surface area contributed by atoms with E-state index < -0.39 is 0 Å². The van der Waals surface area contributed by atoms with Crippen molar-refractivity contribution in [2.45, 2.75) is 38.1 Å². The van der Waals surface area contributed by atoms with Gasteiger partial charge < -0.3 is 4.57 Å². The third kappa shape index (κ3) is 1.94. The largest absolute Gasteiger partial charge is 0.329 e.